The summed E-state index contributed by atoms with van der Waals surface area (Å²) in [5.41, 5.74) is 1.18. The van der Waals surface area contributed by atoms with Crippen molar-refractivity contribution in [3.8, 4) is 0 Å². The van der Waals surface area contributed by atoms with Gasteiger partial charge in [0.15, 0.2) is 0 Å². The zero-order valence-electron chi connectivity index (χ0n) is 12.5. The molecule has 18 heavy (non-hydrogen) atoms. The smallest absolute Gasteiger partial charge is 0.0100 e. The maximum absolute atomic E-state index is 3.78. The van der Waals surface area contributed by atoms with E-state index in [2.05, 4.69) is 41.7 Å². The summed E-state index contributed by atoms with van der Waals surface area (Å²) in [5, 5.41) is 1.20. The van der Waals surface area contributed by atoms with Crippen LogP contribution in [0.15, 0.2) is 0 Å². The molecule has 0 N–H and O–H groups in total. The lowest BCUT2D eigenvalue weighted by atomic mass is 9.75. The van der Waals surface area contributed by atoms with Gasteiger partial charge in [0, 0.05) is 17.9 Å². The normalized spacial score (nSPS) is 27.8. The summed E-state index contributed by atoms with van der Waals surface area (Å²) in [6.07, 6.45) is 11.4. The molecule has 0 aliphatic heterocycles. The van der Waals surface area contributed by atoms with E-state index in [1.807, 2.05) is 0 Å². The number of hydrogen-bond acceptors (Lipinski definition) is 1. The Kier molecular flexibility index (Phi) is 4.80. The van der Waals surface area contributed by atoms with Gasteiger partial charge in [0.1, 0.15) is 0 Å². The molecule has 2 saturated carbocycles. The summed E-state index contributed by atoms with van der Waals surface area (Å²) in [6.45, 7) is 6.17. The lowest BCUT2D eigenvalue weighted by molar-refractivity contribution is 0.0935. The van der Waals surface area contributed by atoms with Crippen LogP contribution in [0.2, 0.25) is 0 Å². The summed E-state index contributed by atoms with van der Waals surface area (Å²) in [7, 11) is 2.37. The molecule has 2 aliphatic carbocycles. The Morgan fingerprint density at radius 3 is 2.11 bits per heavy atom. The van der Waals surface area contributed by atoms with Crippen LogP contribution in [0.5, 0.6) is 0 Å². The van der Waals surface area contributed by atoms with Gasteiger partial charge in [0.05, 0.1) is 0 Å². The topological polar surface area (TPSA) is 3.24 Å². The van der Waals surface area contributed by atoms with E-state index in [-0.39, 0.29) is 0 Å². The molecule has 0 saturated heterocycles. The minimum Gasteiger partial charge on any atom is -0.303 e. The highest BCUT2D eigenvalue weighted by Gasteiger charge is 2.36. The molecule has 2 heteroatoms. The molecule has 0 atom stereocenters. The molecule has 0 radical (unpaired) electrons. The molecule has 2 aliphatic rings. The van der Waals surface area contributed by atoms with Crippen LogP contribution in [0.1, 0.15) is 65.2 Å². The highest BCUT2D eigenvalue weighted by Crippen LogP contribution is 2.42. The zero-order valence-corrected chi connectivity index (χ0v) is 14.1. The van der Waals surface area contributed by atoms with E-state index >= 15 is 0 Å². The average Bonchev–Trinajstić information content (AvgIpc) is 2.78. The second-order valence-corrected chi connectivity index (χ2v) is 8.21. The molecule has 0 aromatic heterocycles. The molecular weight excluding hydrogens is 286 g/mol. The lowest BCUT2D eigenvalue weighted by Crippen LogP contribution is -2.43. The number of rotatable bonds is 4. The van der Waals surface area contributed by atoms with E-state index in [9.17, 15) is 0 Å². The Balaban J connectivity index is 1.86. The van der Waals surface area contributed by atoms with Gasteiger partial charge in [-0.25, -0.2) is 0 Å². The fraction of sp³-hybridized carbons (Fsp3) is 1.00. The van der Waals surface area contributed by atoms with Crippen LogP contribution in [-0.2, 0) is 0 Å². The molecular formula is C16H30BrN. The summed E-state index contributed by atoms with van der Waals surface area (Å²) in [6, 6.07) is 0.842. The maximum atomic E-state index is 3.78. The third kappa shape index (κ3) is 3.50. The van der Waals surface area contributed by atoms with Crippen molar-refractivity contribution >= 4 is 15.9 Å². The highest BCUT2D eigenvalue weighted by atomic mass is 79.9. The van der Waals surface area contributed by atoms with E-state index in [1.54, 1.807) is 0 Å². The molecule has 0 bridgehead atoms. The molecule has 2 rings (SSSR count). The molecule has 0 heterocycles. The second-order valence-electron chi connectivity index (χ2n) is 7.65. The molecule has 0 aromatic carbocycles. The van der Waals surface area contributed by atoms with Gasteiger partial charge in [-0.05, 0) is 56.4 Å². The quantitative estimate of drug-likeness (QED) is 0.671. The van der Waals surface area contributed by atoms with Gasteiger partial charge in [0.25, 0.3) is 0 Å². The summed E-state index contributed by atoms with van der Waals surface area (Å²) in [4.78, 5) is 2.68. The van der Waals surface area contributed by atoms with Crippen molar-refractivity contribution in [2.75, 3.05) is 18.9 Å². The van der Waals surface area contributed by atoms with Crippen molar-refractivity contribution in [2.45, 2.75) is 71.3 Å². The molecule has 2 fully saturated rings. The fourth-order valence-corrected chi connectivity index (χ4v) is 4.68. The SMILES string of the molecule is CN(CC1(CBr)CCCC1)C1CCC(C)(C)CC1. The fourth-order valence-electron chi connectivity index (χ4n) is 3.94. The highest BCUT2D eigenvalue weighted by molar-refractivity contribution is 9.09. The first kappa shape index (κ1) is 14.8. The van der Waals surface area contributed by atoms with Gasteiger partial charge in [-0.1, -0.05) is 42.6 Å². The predicted molar refractivity (Wildman–Crippen MR) is 83.4 cm³/mol. The van der Waals surface area contributed by atoms with Crippen molar-refractivity contribution in [3.63, 3.8) is 0 Å². The van der Waals surface area contributed by atoms with Crippen LogP contribution in [-0.4, -0.2) is 29.9 Å². The Morgan fingerprint density at radius 2 is 1.61 bits per heavy atom. The molecule has 0 spiro atoms. The van der Waals surface area contributed by atoms with E-state index in [1.165, 1.54) is 63.2 Å². The number of nitrogens with zero attached hydrogens (tertiary/aromatic N) is 1. The van der Waals surface area contributed by atoms with E-state index in [4.69, 9.17) is 0 Å². The van der Waals surface area contributed by atoms with Gasteiger partial charge in [-0.2, -0.15) is 0 Å². The van der Waals surface area contributed by atoms with Gasteiger partial charge in [0.2, 0.25) is 0 Å². The van der Waals surface area contributed by atoms with Crippen molar-refractivity contribution in [1.29, 1.82) is 0 Å². The Labute approximate surface area is 122 Å². The van der Waals surface area contributed by atoms with Crippen molar-refractivity contribution in [3.05, 3.63) is 0 Å². The second kappa shape index (κ2) is 5.83. The number of halogens is 1. The summed E-state index contributed by atoms with van der Waals surface area (Å²) in [5.74, 6) is 0. The first-order valence-electron chi connectivity index (χ1n) is 7.73. The monoisotopic (exact) mass is 315 g/mol. The standard InChI is InChI=1S/C16H30BrN/c1-15(2)10-6-14(7-11-15)18(3)13-16(12-17)8-4-5-9-16/h14H,4-13H2,1-3H3. The van der Waals surface area contributed by atoms with Crippen LogP contribution in [0, 0.1) is 10.8 Å². The van der Waals surface area contributed by atoms with Gasteiger partial charge >= 0.3 is 0 Å². The van der Waals surface area contributed by atoms with Crippen molar-refractivity contribution in [2.24, 2.45) is 10.8 Å². The summed E-state index contributed by atoms with van der Waals surface area (Å²) < 4.78 is 0. The minimum absolute atomic E-state index is 0.585. The zero-order chi connectivity index (χ0) is 13.2. The third-order valence-electron chi connectivity index (χ3n) is 5.46. The number of alkyl halides is 1. The third-order valence-corrected chi connectivity index (χ3v) is 6.65. The minimum atomic E-state index is 0.585. The van der Waals surface area contributed by atoms with E-state index in [0.717, 1.165) is 6.04 Å². The molecule has 1 nitrogen and oxygen atoms in total. The lowest BCUT2D eigenvalue weighted by Gasteiger charge is -2.42. The van der Waals surface area contributed by atoms with Crippen LogP contribution < -0.4 is 0 Å². The molecule has 106 valence electrons. The van der Waals surface area contributed by atoms with Crippen LogP contribution in [0.3, 0.4) is 0 Å². The molecule has 0 unspecified atom stereocenters. The Morgan fingerprint density at radius 1 is 1.06 bits per heavy atom. The first-order valence-corrected chi connectivity index (χ1v) is 8.85. The van der Waals surface area contributed by atoms with Gasteiger partial charge < -0.3 is 4.90 Å². The predicted octanol–water partition coefficient (Wildman–Crippen LogP) is 4.84. The largest absolute Gasteiger partial charge is 0.303 e. The first-order chi connectivity index (χ1) is 8.46. The molecule has 0 aromatic rings. The van der Waals surface area contributed by atoms with Crippen LogP contribution in [0.4, 0.5) is 0 Å². The summed E-state index contributed by atoms with van der Waals surface area (Å²) >= 11 is 3.78. The Bertz CT molecular complexity index is 258. The van der Waals surface area contributed by atoms with E-state index < -0.39 is 0 Å². The molecule has 0 amide bonds. The van der Waals surface area contributed by atoms with Gasteiger partial charge in [-0.15, -0.1) is 0 Å². The van der Waals surface area contributed by atoms with Crippen molar-refractivity contribution < 1.29 is 0 Å². The van der Waals surface area contributed by atoms with Crippen LogP contribution in [0.25, 0.3) is 0 Å². The maximum Gasteiger partial charge on any atom is 0.0100 e. The average molecular weight is 316 g/mol. The Hall–Kier alpha value is 0.440. The van der Waals surface area contributed by atoms with Crippen molar-refractivity contribution in [1.82, 2.24) is 4.90 Å². The van der Waals surface area contributed by atoms with Gasteiger partial charge in [-0.3, -0.25) is 0 Å². The van der Waals surface area contributed by atoms with Crippen LogP contribution >= 0.6 is 15.9 Å². The van der Waals surface area contributed by atoms with E-state index in [0.29, 0.717) is 10.8 Å². The number of hydrogen-bond donors (Lipinski definition) is 0.